The summed E-state index contributed by atoms with van der Waals surface area (Å²) >= 11 is 6.72. The molecule has 0 aliphatic carbocycles. The smallest absolute Gasteiger partial charge is 0.264 e. The second-order valence-corrected chi connectivity index (χ2v) is 17.0. The number of piperidine rings is 1. The minimum Gasteiger partial charge on any atom is -0.491 e. The number of aryl methyl sites for hydroxylation is 1. The summed E-state index contributed by atoms with van der Waals surface area (Å²) in [6, 6.07) is 17.0. The van der Waals surface area contributed by atoms with Gasteiger partial charge in [0.25, 0.3) is 11.8 Å². The van der Waals surface area contributed by atoms with Crippen LogP contribution in [0.3, 0.4) is 0 Å². The van der Waals surface area contributed by atoms with Crippen molar-refractivity contribution in [1.82, 2.24) is 35.2 Å². The van der Waals surface area contributed by atoms with E-state index in [9.17, 15) is 32.9 Å². The number of imide groups is 2. The molecule has 1 atom stereocenters. The molecule has 0 bridgehead atoms. The lowest BCUT2D eigenvalue weighted by Crippen LogP contribution is -2.54. The molecule has 2 aromatic heterocycles. The van der Waals surface area contributed by atoms with Crippen molar-refractivity contribution in [1.29, 1.82) is 5.26 Å². The lowest BCUT2D eigenvalue weighted by molar-refractivity contribution is -0.136. The molecule has 2 aliphatic heterocycles. The number of anilines is 2. The topological polar surface area (TPSA) is 240 Å². The van der Waals surface area contributed by atoms with Crippen molar-refractivity contribution in [2.45, 2.75) is 64.3 Å². The number of carbonyl (C=O) groups excluding carboxylic acids is 4. The summed E-state index contributed by atoms with van der Waals surface area (Å²) in [4.78, 5) is 59.6. The van der Waals surface area contributed by atoms with Crippen LogP contribution in [0.2, 0.25) is 5.02 Å². The number of hydrogen-bond acceptors (Lipinski definition) is 14. The highest BCUT2D eigenvalue weighted by Gasteiger charge is 2.45. The van der Waals surface area contributed by atoms with E-state index in [0.29, 0.717) is 40.7 Å². The van der Waals surface area contributed by atoms with Crippen LogP contribution in [0.25, 0.3) is 0 Å². The van der Waals surface area contributed by atoms with Gasteiger partial charge in [-0.2, -0.15) is 5.26 Å². The Morgan fingerprint density at radius 2 is 1.77 bits per heavy atom. The first-order valence-electron chi connectivity index (χ1n) is 19.0. The zero-order valence-corrected chi connectivity index (χ0v) is 34.7. The van der Waals surface area contributed by atoms with Gasteiger partial charge in [0.05, 0.1) is 47.3 Å². The number of hydrogen-bond donors (Lipinski definition) is 3. The summed E-state index contributed by atoms with van der Waals surface area (Å²) in [6.45, 7) is 5.07. The Morgan fingerprint density at radius 3 is 2.48 bits per heavy atom. The van der Waals surface area contributed by atoms with Gasteiger partial charge < -0.3 is 14.8 Å². The molecule has 3 N–H and O–H groups in total. The first kappa shape index (κ1) is 42.2. The molecule has 18 nitrogen and oxygen atoms in total. The van der Waals surface area contributed by atoms with Crippen molar-refractivity contribution in [2.24, 2.45) is 0 Å². The third kappa shape index (κ3) is 9.45. The normalized spacial score (nSPS) is 15.3. The fourth-order valence-electron chi connectivity index (χ4n) is 6.91. The number of ether oxygens (including phenoxy) is 2. The highest BCUT2D eigenvalue weighted by atomic mass is 35.5. The molecule has 0 spiro atoms. The molecule has 4 heterocycles. The lowest BCUT2D eigenvalue weighted by Gasteiger charge is -2.27. The van der Waals surface area contributed by atoms with Crippen LogP contribution in [0.4, 0.5) is 11.6 Å². The third-order valence-electron chi connectivity index (χ3n) is 10.1. The van der Waals surface area contributed by atoms with Crippen molar-refractivity contribution >= 4 is 56.9 Å². The number of halogens is 1. The van der Waals surface area contributed by atoms with Gasteiger partial charge in [-0.25, -0.2) is 18.4 Å². The van der Waals surface area contributed by atoms with Crippen LogP contribution in [-0.4, -0.2) is 80.8 Å². The van der Waals surface area contributed by atoms with Crippen LogP contribution < -0.4 is 24.8 Å². The molecule has 7 rings (SSSR count). The number of nitrogens with one attached hydrogen (secondary N) is 3. The Kier molecular flexibility index (Phi) is 12.0. The van der Waals surface area contributed by atoms with E-state index >= 15 is 0 Å². The summed E-state index contributed by atoms with van der Waals surface area (Å²) in [5.41, 5.74) is 3.43. The molecule has 314 valence electrons. The van der Waals surface area contributed by atoms with E-state index in [4.69, 9.17) is 21.1 Å². The van der Waals surface area contributed by atoms with Crippen LogP contribution in [0.5, 0.6) is 11.5 Å². The molecule has 0 saturated carbocycles. The second-order valence-electron chi connectivity index (χ2n) is 14.9. The van der Waals surface area contributed by atoms with E-state index in [1.807, 2.05) is 38.1 Å². The van der Waals surface area contributed by atoms with Crippen LogP contribution >= 0.6 is 11.6 Å². The number of rotatable bonds is 16. The van der Waals surface area contributed by atoms with Gasteiger partial charge in [-0.1, -0.05) is 48.9 Å². The summed E-state index contributed by atoms with van der Waals surface area (Å²) < 4.78 is 38.5. The van der Waals surface area contributed by atoms with Crippen molar-refractivity contribution in [2.75, 3.05) is 22.9 Å². The Labute approximate surface area is 355 Å². The van der Waals surface area contributed by atoms with Gasteiger partial charge >= 0.3 is 0 Å². The van der Waals surface area contributed by atoms with E-state index in [1.54, 1.807) is 35.1 Å². The predicted molar refractivity (Wildman–Crippen MR) is 220 cm³/mol. The Balaban J connectivity index is 0.908. The van der Waals surface area contributed by atoms with Crippen molar-refractivity contribution in [3.8, 4) is 17.6 Å². The highest BCUT2D eigenvalue weighted by molar-refractivity contribution is 7.92. The average Bonchev–Trinajstić information content (AvgIpc) is 3.79. The summed E-state index contributed by atoms with van der Waals surface area (Å²) in [7, 11) is -3.48. The number of benzene rings is 3. The minimum absolute atomic E-state index is 0.0257. The van der Waals surface area contributed by atoms with Crippen LogP contribution in [0.15, 0.2) is 73.2 Å². The van der Waals surface area contributed by atoms with E-state index in [2.05, 4.69) is 41.7 Å². The maximum absolute atomic E-state index is 13.4. The van der Waals surface area contributed by atoms with Gasteiger partial charge in [-0.15, -0.1) is 5.10 Å². The second kappa shape index (κ2) is 17.4. The Hall–Kier alpha value is -6.91. The largest absolute Gasteiger partial charge is 0.491 e. The van der Waals surface area contributed by atoms with Crippen molar-refractivity contribution in [3.63, 3.8) is 0 Å². The van der Waals surface area contributed by atoms with Crippen LogP contribution in [0.1, 0.15) is 81.8 Å². The Morgan fingerprint density at radius 1 is 1.02 bits per heavy atom. The third-order valence-corrected chi connectivity index (χ3v) is 11.0. The minimum atomic E-state index is -3.48. The van der Waals surface area contributed by atoms with Crippen LogP contribution in [0, 0.1) is 11.3 Å². The fourth-order valence-corrected chi connectivity index (χ4v) is 7.62. The predicted octanol–water partition coefficient (Wildman–Crippen LogP) is 4.35. The van der Waals surface area contributed by atoms with E-state index in [-0.39, 0.29) is 61.0 Å². The van der Waals surface area contributed by atoms with Gasteiger partial charge in [0, 0.05) is 48.4 Å². The van der Waals surface area contributed by atoms with Gasteiger partial charge in [-0.05, 0) is 53.9 Å². The van der Waals surface area contributed by atoms with Gasteiger partial charge in [0.1, 0.15) is 30.2 Å². The number of sulfonamides is 1. The number of aromatic nitrogens is 5. The van der Waals surface area contributed by atoms with Crippen LogP contribution in [-0.2, 0) is 44.7 Å². The van der Waals surface area contributed by atoms with E-state index in [0.717, 1.165) is 22.3 Å². The number of nitrogens with zero attached hydrogens (tertiary/aromatic N) is 7. The molecule has 1 unspecified atom stereocenters. The highest BCUT2D eigenvalue weighted by Crippen LogP contribution is 2.39. The van der Waals surface area contributed by atoms with Gasteiger partial charge in [0.2, 0.25) is 27.8 Å². The average molecular weight is 867 g/mol. The van der Waals surface area contributed by atoms with E-state index < -0.39 is 45.1 Å². The van der Waals surface area contributed by atoms with E-state index in [1.165, 1.54) is 18.5 Å². The fraction of sp³-hybridized carbons (Fsp3) is 0.293. The molecule has 2 aliphatic rings. The zero-order valence-electron chi connectivity index (χ0n) is 33.1. The maximum atomic E-state index is 13.4. The Bertz CT molecular complexity index is 2680. The standard InChI is InChI=1S/C41H39ClN10O8S/c1-41(2,26-8-10-29(11-9-26)60-23-24-19-45-40(46-20-24)49-61(3,57)58)27-16-25(18-43)36(31(42)17-27)59-15-5-14-51-22-28(48-50-51)21-44-32-7-4-6-30-35(32)39(56)52(38(30)55)33-12-13-34(53)47-37(33)54/h4,6-11,16-17,19-20,22,33,44H,5,12-15,21,23H2,1-3H3,(H,45,46,49)(H,47,53,54). The molecular formula is C41H39ClN10O8S. The maximum Gasteiger partial charge on any atom is 0.264 e. The lowest BCUT2D eigenvalue weighted by atomic mass is 9.77. The first-order chi connectivity index (χ1) is 29.1. The van der Waals surface area contributed by atoms with Gasteiger partial charge in [0.15, 0.2) is 5.75 Å². The number of nitriles is 1. The van der Waals surface area contributed by atoms with Gasteiger partial charge in [-0.3, -0.25) is 38.8 Å². The summed E-state index contributed by atoms with van der Waals surface area (Å²) in [5.74, 6) is -1.47. The van der Waals surface area contributed by atoms with Crippen molar-refractivity contribution in [3.05, 3.63) is 117 Å². The number of amides is 4. The quantitative estimate of drug-likeness (QED) is 0.0923. The number of carbonyl (C=O) groups is 4. The monoisotopic (exact) mass is 866 g/mol. The molecule has 1 saturated heterocycles. The molecule has 3 aromatic carbocycles. The van der Waals surface area contributed by atoms with Crippen molar-refractivity contribution < 1.29 is 37.1 Å². The molecule has 61 heavy (non-hydrogen) atoms. The first-order valence-corrected chi connectivity index (χ1v) is 21.2. The molecule has 1 fully saturated rings. The molecular weight excluding hydrogens is 828 g/mol. The molecule has 20 heteroatoms. The molecule has 5 aromatic rings. The molecule has 4 amide bonds. The number of fused-ring (bicyclic) bond motifs is 1. The molecule has 0 radical (unpaired) electrons. The zero-order chi connectivity index (χ0) is 43.5. The SMILES string of the molecule is CC(C)(c1ccc(OCc2cnc(NS(C)(=O)=O)nc2)cc1)c1cc(Cl)c(OCCCn2cc(CNc3cccc4c3C(=O)N(C3CCC(=O)NC3=O)C4=O)nn2)c(C#N)c1. The summed E-state index contributed by atoms with van der Waals surface area (Å²) in [5, 5.41) is 24.1. The summed E-state index contributed by atoms with van der Waals surface area (Å²) in [6.07, 6.45) is 6.32.